The van der Waals surface area contributed by atoms with Gasteiger partial charge in [0.05, 0.1) is 12.6 Å². The molecule has 2 heterocycles. The molecule has 0 unspecified atom stereocenters. The summed E-state index contributed by atoms with van der Waals surface area (Å²) in [6.07, 6.45) is 7.04. The minimum Gasteiger partial charge on any atom is -0.496 e. The zero-order valence-corrected chi connectivity index (χ0v) is 20.2. The Bertz CT molecular complexity index is 1150. The van der Waals surface area contributed by atoms with E-state index < -0.39 is 0 Å². The molecule has 1 N–H and O–H groups in total. The van der Waals surface area contributed by atoms with Gasteiger partial charge in [-0.25, -0.2) is 4.79 Å². The number of nitrogens with one attached hydrogen (secondary N) is 1. The van der Waals surface area contributed by atoms with Gasteiger partial charge in [0.15, 0.2) is 0 Å². The third-order valence-corrected chi connectivity index (χ3v) is 6.53. The summed E-state index contributed by atoms with van der Waals surface area (Å²) in [7, 11) is 1.69. The second-order valence-electron chi connectivity index (χ2n) is 9.67. The van der Waals surface area contributed by atoms with E-state index in [-0.39, 0.29) is 11.6 Å². The van der Waals surface area contributed by atoms with E-state index in [1.54, 1.807) is 11.7 Å². The lowest BCUT2D eigenvalue weighted by Gasteiger charge is -2.37. The molecular weight excluding hydrogens is 410 g/mol. The Hall–Kier alpha value is -3.05. The first-order valence-corrected chi connectivity index (χ1v) is 11.8. The normalized spacial score (nSPS) is 14.8. The van der Waals surface area contributed by atoms with Crippen molar-refractivity contribution in [2.75, 3.05) is 26.7 Å². The number of rotatable bonds is 6. The molecule has 174 valence electrons. The molecule has 0 saturated carbocycles. The molecule has 1 aromatic heterocycles. The zero-order chi connectivity index (χ0) is 23.4. The van der Waals surface area contributed by atoms with Crippen molar-refractivity contribution >= 4 is 22.5 Å². The summed E-state index contributed by atoms with van der Waals surface area (Å²) in [5.74, 6) is 0.899. The van der Waals surface area contributed by atoms with Crippen LogP contribution >= 0.6 is 0 Å². The molecule has 0 fully saturated rings. The Kier molecular flexibility index (Phi) is 6.89. The average molecular weight is 446 g/mol. The maximum atomic E-state index is 13.1. The number of amides is 1. The van der Waals surface area contributed by atoms with E-state index in [1.807, 2.05) is 42.6 Å². The van der Waals surface area contributed by atoms with Crippen LogP contribution in [0.3, 0.4) is 0 Å². The Morgan fingerprint density at radius 2 is 1.85 bits per heavy atom. The summed E-state index contributed by atoms with van der Waals surface area (Å²) in [5.41, 5.74) is 4.78. The van der Waals surface area contributed by atoms with Gasteiger partial charge in [-0.2, -0.15) is 0 Å². The Morgan fingerprint density at radius 1 is 1.09 bits per heavy atom. The van der Waals surface area contributed by atoms with Crippen LogP contribution in [0.4, 0.5) is 4.79 Å². The lowest BCUT2D eigenvalue weighted by Crippen LogP contribution is -2.43. The van der Waals surface area contributed by atoms with Gasteiger partial charge in [0.25, 0.3) is 0 Å². The maximum absolute atomic E-state index is 13.1. The second kappa shape index (κ2) is 9.84. The molecule has 0 atom stereocenters. The van der Waals surface area contributed by atoms with E-state index in [9.17, 15) is 4.79 Å². The third kappa shape index (κ3) is 5.14. The third-order valence-electron chi connectivity index (χ3n) is 6.53. The quantitative estimate of drug-likeness (QED) is 0.493. The molecule has 33 heavy (non-hydrogen) atoms. The van der Waals surface area contributed by atoms with Crippen molar-refractivity contribution in [3.8, 4) is 5.75 Å². The summed E-state index contributed by atoms with van der Waals surface area (Å²) in [6.45, 7) is 9.36. The second-order valence-corrected chi connectivity index (χ2v) is 9.67. The van der Waals surface area contributed by atoms with Gasteiger partial charge in [0, 0.05) is 42.3 Å². The average Bonchev–Trinajstić information content (AvgIpc) is 3.21. The molecule has 1 aliphatic rings. The van der Waals surface area contributed by atoms with Crippen LogP contribution in [-0.2, 0) is 6.42 Å². The first-order valence-electron chi connectivity index (χ1n) is 11.8. The van der Waals surface area contributed by atoms with Crippen molar-refractivity contribution < 1.29 is 9.53 Å². The molecular formula is C28H35N3O2. The highest BCUT2D eigenvalue weighted by Crippen LogP contribution is 2.32. The fraction of sp³-hybridized carbons (Fsp3) is 0.393. The van der Waals surface area contributed by atoms with Gasteiger partial charge in [-0.3, -0.25) is 9.47 Å². The van der Waals surface area contributed by atoms with Gasteiger partial charge in [-0.05, 0) is 63.3 Å². The summed E-state index contributed by atoms with van der Waals surface area (Å²) >= 11 is 0. The van der Waals surface area contributed by atoms with Crippen molar-refractivity contribution in [2.45, 2.75) is 45.6 Å². The van der Waals surface area contributed by atoms with Crippen molar-refractivity contribution in [2.24, 2.45) is 0 Å². The minimum atomic E-state index is -0.0785. The van der Waals surface area contributed by atoms with Crippen LogP contribution in [0.2, 0.25) is 0 Å². The van der Waals surface area contributed by atoms with Crippen LogP contribution in [-0.4, -0.2) is 47.8 Å². The summed E-state index contributed by atoms with van der Waals surface area (Å²) in [5, 5.41) is 4.23. The van der Waals surface area contributed by atoms with Crippen LogP contribution in [0.5, 0.6) is 5.75 Å². The largest absolute Gasteiger partial charge is 0.496 e. The number of para-hydroxylation sites is 2. The van der Waals surface area contributed by atoms with Crippen LogP contribution in [0, 0.1) is 0 Å². The van der Waals surface area contributed by atoms with Gasteiger partial charge in [0.2, 0.25) is 0 Å². The molecule has 5 nitrogen and oxygen atoms in total. The number of aromatic nitrogens is 1. The number of ether oxygens (including phenoxy) is 1. The van der Waals surface area contributed by atoms with Gasteiger partial charge >= 0.3 is 6.03 Å². The number of nitrogens with zero attached hydrogens (tertiary/aromatic N) is 2. The SMILES string of the molecule is COc1ccccc1CCCNC(=O)n1cc(C2=CCN(C(C)(C)C)CC2)c2ccccc21. The number of hydrogen-bond donors (Lipinski definition) is 1. The fourth-order valence-corrected chi connectivity index (χ4v) is 4.60. The van der Waals surface area contributed by atoms with E-state index in [0.29, 0.717) is 6.54 Å². The summed E-state index contributed by atoms with van der Waals surface area (Å²) in [4.78, 5) is 15.6. The van der Waals surface area contributed by atoms with Gasteiger partial charge < -0.3 is 10.1 Å². The van der Waals surface area contributed by atoms with E-state index in [1.165, 1.54) is 11.1 Å². The number of aryl methyl sites for hydroxylation is 1. The lowest BCUT2D eigenvalue weighted by atomic mass is 9.96. The predicted octanol–water partition coefficient (Wildman–Crippen LogP) is 5.73. The van der Waals surface area contributed by atoms with Crippen LogP contribution in [0.1, 0.15) is 44.7 Å². The Balaban J connectivity index is 1.46. The van der Waals surface area contributed by atoms with E-state index >= 15 is 0 Å². The van der Waals surface area contributed by atoms with E-state index in [2.05, 4.69) is 49.2 Å². The smallest absolute Gasteiger partial charge is 0.326 e. The maximum Gasteiger partial charge on any atom is 0.326 e. The molecule has 1 amide bonds. The van der Waals surface area contributed by atoms with Crippen LogP contribution in [0.25, 0.3) is 16.5 Å². The summed E-state index contributed by atoms with van der Waals surface area (Å²) in [6, 6.07) is 16.1. The monoisotopic (exact) mass is 445 g/mol. The number of hydrogen-bond acceptors (Lipinski definition) is 3. The van der Waals surface area contributed by atoms with Crippen LogP contribution in [0.15, 0.2) is 60.8 Å². The zero-order valence-electron chi connectivity index (χ0n) is 20.2. The number of carbonyl (C=O) groups is 1. The molecule has 1 aliphatic heterocycles. The molecule has 0 aliphatic carbocycles. The van der Waals surface area contributed by atoms with Crippen molar-refractivity contribution in [1.82, 2.24) is 14.8 Å². The van der Waals surface area contributed by atoms with Crippen molar-refractivity contribution in [3.05, 3.63) is 71.9 Å². The first kappa shape index (κ1) is 23.1. The predicted molar refractivity (Wildman–Crippen MR) is 136 cm³/mol. The standard InChI is InChI=1S/C28H35N3O2/c1-28(2,3)30-18-15-21(16-19-30)24-20-31(25-13-7-6-12-23(24)25)27(32)29-17-9-11-22-10-5-8-14-26(22)33-4/h5-8,10,12-15,20H,9,11,16-19H2,1-4H3,(H,29,32). The van der Waals surface area contributed by atoms with Crippen LogP contribution < -0.4 is 10.1 Å². The highest BCUT2D eigenvalue weighted by atomic mass is 16.5. The molecule has 0 saturated heterocycles. The Labute approximate surface area is 197 Å². The number of fused-ring (bicyclic) bond motifs is 1. The molecule has 4 rings (SSSR count). The number of methoxy groups -OCH3 is 1. The highest BCUT2D eigenvalue weighted by molar-refractivity contribution is 5.99. The molecule has 0 spiro atoms. The number of benzene rings is 2. The molecule has 0 bridgehead atoms. The van der Waals surface area contributed by atoms with Crippen molar-refractivity contribution in [3.63, 3.8) is 0 Å². The molecule has 2 aromatic carbocycles. The van der Waals surface area contributed by atoms with Crippen molar-refractivity contribution in [1.29, 1.82) is 0 Å². The number of carbonyl (C=O) groups excluding carboxylic acids is 1. The highest BCUT2D eigenvalue weighted by Gasteiger charge is 2.25. The molecule has 0 radical (unpaired) electrons. The molecule has 5 heteroatoms. The Morgan fingerprint density at radius 3 is 2.58 bits per heavy atom. The minimum absolute atomic E-state index is 0.0785. The lowest BCUT2D eigenvalue weighted by molar-refractivity contribution is 0.153. The molecule has 3 aromatic rings. The topological polar surface area (TPSA) is 46.5 Å². The van der Waals surface area contributed by atoms with Gasteiger partial charge in [0.1, 0.15) is 5.75 Å². The fourth-order valence-electron chi connectivity index (χ4n) is 4.60. The van der Waals surface area contributed by atoms with Gasteiger partial charge in [-0.1, -0.05) is 42.5 Å². The first-order chi connectivity index (χ1) is 15.9. The van der Waals surface area contributed by atoms with E-state index in [4.69, 9.17) is 4.74 Å². The van der Waals surface area contributed by atoms with E-state index in [0.717, 1.165) is 54.6 Å². The summed E-state index contributed by atoms with van der Waals surface area (Å²) < 4.78 is 7.20. The van der Waals surface area contributed by atoms with Gasteiger partial charge in [-0.15, -0.1) is 0 Å².